The molecular formula is C24H27F3N4O. The summed E-state index contributed by atoms with van der Waals surface area (Å²) in [6, 6.07) is 14.4. The van der Waals surface area contributed by atoms with Crippen molar-refractivity contribution in [1.29, 1.82) is 0 Å². The van der Waals surface area contributed by atoms with E-state index in [1.54, 1.807) is 30.3 Å². The van der Waals surface area contributed by atoms with E-state index in [0.29, 0.717) is 23.0 Å². The van der Waals surface area contributed by atoms with Crippen molar-refractivity contribution < 1.29 is 17.9 Å². The zero-order valence-corrected chi connectivity index (χ0v) is 18.5. The number of hydrogen-bond acceptors (Lipinski definition) is 5. The normalized spacial score (nSPS) is 12.5. The fourth-order valence-electron chi connectivity index (χ4n) is 3.06. The molecule has 0 saturated carbocycles. The summed E-state index contributed by atoms with van der Waals surface area (Å²) < 4.78 is 46.3. The smallest absolute Gasteiger partial charge is 0.421 e. The number of alkyl halides is 3. The SMILES string of the molecule is CCC(C)c1cccc(Nc2nc(Nc3ccc(OC(C)C)cc3)ncc2C(F)(F)F)c1. The van der Waals surface area contributed by atoms with Crippen molar-refractivity contribution >= 4 is 23.1 Å². The molecule has 3 aromatic rings. The molecule has 2 N–H and O–H groups in total. The first-order valence-electron chi connectivity index (χ1n) is 10.5. The molecular weight excluding hydrogens is 417 g/mol. The second-order valence-corrected chi connectivity index (χ2v) is 7.83. The molecule has 0 aliphatic carbocycles. The Labute approximate surface area is 186 Å². The number of nitrogens with zero attached hydrogens (tertiary/aromatic N) is 2. The van der Waals surface area contributed by atoms with Crippen LogP contribution in [-0.4, -0.2) is 16.1 Å². The van der Waals surface area contributed by atoms with Crippen LogP contribution in [-0.2, 0) is 6.18 Å². The number of benzene rings is 2. The molecule has 1 heterocycles. The van der Waals surface area contributed by atoms with Gasteiger partial charge in [0.05, 0.1) is 6.10 Å². The zero-order chi connectivity index (χ0) is 23.3. The molecule has 0 spiro atoms. The highest BCUT2D eigenvalue weighted by atomic mass is 19.4. The Morgan fingerprint density at radius 3 is 2.31 bits per heavy atom. The predicted octanol–water partition coefficient (Wildman–Crippen LogP) is 7.28. The van der Waals surface area contributed by atoms with Crippen LogP contribution in [0.15, 0.2) is 54.7 Å². The number of rotatable bonds is 8. The first-order valence-corrected chi connectivity index (χ1v) is 10.5. The molecule has 1 aromatic heterocycles. The molecule has 0 radical (unpaired) electrons. The van der Waals surface area contributed by atoms with E-state index in [-0.39, 0.29) is 17.9 Å². The number of aromatic nitrogens is 2. The number of nitrogens with one attached hydrogen (secondary N) is 2. The van der Waals surface area contributed by atoms with Gasteiger partial charge in [0.2, 0.25) is 5.95 Å². The summed E-state index contributed by atoms with van der Waals surface area (Å²) in [5.41, 5.74) is 1.28. The van der Waals surface area contributed by atoms with Gasteiger partial charge >= 0.3 is 6.18 Å². The first kappa shape index (κ1) is 23.4. The molecule has 0 saturated heterocycles. The van der Waals surface area contributed by atoms with E-state index in [1.807, 2.05) is 32.0 Å². The second-order valence-electron chi connectivity index (χ2n) is 7.83. The Bertz CT molecular complexity index is 1040. The summed E-state index contributed by atoms with van der Waals surface area (Å²) in [4.78, 5) is 7.97. The number of anilines is 4. The standard InChI is InChI=1S/C24H27F3N4O/c1-5-16(4)17-7-6-8-19(13-17)29-22-21(24(25,26)27)14-28-23(31-22)30-18-9-11-20(12-10-18)32-15(2)3/h6-16H,5H2,1-4H3,(H2,28,29,30,31). The maximum atomic E-state index is 13.6. The van der Waals surface area contributed by atoms with Crippen LogP contribution < -0.4 is 15.4 Å². The van der Waals surface area contributed by atoms with Gasteiger partial charge in [0.15, 0.2) is 0 Å². The van der Waals surface area contributed by atoms with E-state index >= 15 is 0 Å². The topological polar surface area (TPSA) is 59.1 Å². The van der Waals surface area contributed by atoms with Crippen molar-refractivity contribution in [3.63, 3.8) is 0 Å². The van der Waals surface area contributed by atoms with E-state index in [4.69, 9.17) is 4.74 Å². The highest BCUT2D eigenvalue weighted by Gasteiger charge is 2.35. The maximum Gasteiger partial charge on any atom is 0.421 e. The van der Waals surface area contributed by atoms with Gasteiger partial charge in [-0.25, -0.2) is 4.98 Å². The van der Waals surface area contributed by atoms with E-state index < -0.39 is 11.7 Å². The Balaban J connectivity index is 1.87. The first-order chi connectivity index (χ1) is 15.2. The van der Waals surface area contributed by atoms with E-state index in [9.17, 15) is 13.2 Å². The lowest BCUT2D eigenvalue weighted by Gasteiger charge is -2.16. The van der Waals surface area contributed by atoms with Crippen LogP contribution in [0.5, 0.6) is 5.75 Å². The number of halogens is 3. The molecule has 0 amide bonds. The van der Waals surface area contributed by atoms with Gasteiger partial charge in [0, 0.05) is 17.6 Å². The molecule has 32 heavy (non-hydrogen) atoms. The lowest BCUT2D eigenvalue weighted by Crippen LogP contribution is -2.12. The van der Waals surface area contributed by atoms with Gasteiger partial charge in [-0.3, -0.25) is 0 Å². The minimum absolute atomic E-state index is 0.0412. The average Bonchev–Trinajstić information content (AvgIpc) is 2.74. The molecule has 3 rings (SSSR count). The molecule has 0 bridgehead atoms. The summed E-state index contributed by atoms with van der Waals surface area (Å²) in [6.07, 6.45) is -2.84. The number of ether oxygens (including phenoxy) is 1. The van der Waals surface area contributed by atoms with Gasteiger partial charge < -0.3 is 15.4 Å². The Morgan fingerprint density at radius 2 is 1.69 bits per heavy atom. The van der Waals surface area contributed by atoms with Crippen LogP contribution in [0.4, 0.5) is 36.3 Å². The summed E-state index contributed by atoms with van der Waals surface area (Å²) in [6.45, 7) is 7.99. The molecule has 1 atom stereocenters. The lowest BCUT2D eigenvalue weighted by atomic mass is 9.98. The van der Waals surface area contributed by atoms with Crippen LogP contribution in [0.3, 0.4) is 0 Å². The largest absolute Gasteiger partial charge is 0.491 e. The van der Waals surface area contributed by atoms with E-state index in [2.05, 4.69) is 34.4 Å². The van der Waals surface area contributed by atoms with Gasteiger partial charge in [-0.2, -0.15) is 18.2 Å². The van der Waals surface area contributed by atoms with Gasteiger partial charge in [0.25, 0.3) is 0 Å². The fourth-order valence-corrected chi connectivity index (χ4v) is 3.06. The number of hydrogen-bond donors (Lipinski definition) is 2. The van der Waals surface area contributed by atoms with Crippen LogP contribution in [0, 0.1) is 0 Å². The molecule has 1 unspecified atom stereocenters. The molecule has 0 aliphatic rings. The van der Waals surface area contributed by atoms with Crippen molar-refractivity contribution in [2.45, 2.75) is 52.3 Å². The quantitative estimate of drug-likeness (QED) is 0.382. The highest BCUT2D eigenvalue weighted by Crippen LogP contribution is 2.36. The van der Waals surface area contributed by atoms with Crippen molar-refractivity contribution in [3.05, 3.63) is 65.9 Å². The van der Waals surface area contributed by atoms with E-state index in [0.717, 1.165) is 18.2 Å². The Kier molecular flexibility index (Phi) is 7.22. The van der Waals surface area contributed by atoms with Crippen LogP contribution in [0.1, 0.15) is 51.2 Å². The third-order valence-corrected chi connectivity index (χ3v) is 4.91. The molecule has 5 nitrogen and oxygen atoms in total. The molecule has 0 aliphatic heterocycles. The molecule has 2 aromatic carbocycles. The van der Waals surface area contributed by atoms with Gasteiger partial charge in [-0.15, -0.1) is 0 Å². The Morgan fingerprint density at radius 1 is 0.969 bits per heavy atom. The average molecular weight is 445 g/mol. The third kappa shape index (κ3) is 6.12. The summed E-state index contributed by atoms with van der Waals surface area (Å²) >= 11 is 0. The van der Waals surface area contributed by atoms with Gasteiger partial charge in [-0.1, -0.05) is 26.0 Å². The van der Waals surface area contributed by atoms with Crippen LogP contribution in [0.25, 0.3) is 0 Å². The van der Waals surface area contributed by atoms with Gasteiger partial charge in [0.1, 0.15) is 17.1 Å². The second kappa shape index (κ2) is 9.89. The van der Waals surface area contributed by atoms with Crippen molar-refractivity contribution in [3.8, 4) is 5.75 Å². The van der Waals surface area contributed by atoms with E-state index in [1.165, 1.54) is 0 Å². The van der Waals surface area contributed by atoms with Crippen LogP contribution in [0.2, 0.25) is 0 Å². The lowest BCUT2D eigenvalue weighted by molar-refractivity contribution is -0.137. The fraction of sp³-hybridized carbons (Fsp3) is 0.333. The third-order valence-electron chi connectivity index (χ3n) is 4.91. The van der Waals surface area contributed by atoms with Gasteiger partial charge in [-0.05, 0) is 68.1 Å². The minimum Gasteiger partial charge on any atom is -0.491 e. The minimum atomic E-state index is -4.59. The predicted molar refractivity (Wildman–Crippen MR) is 121 cm³/mol. The Hall–Kier alpha value is -3.29. The highest BCUT2D eigenvalue weighted by molar-refractivity contribution is 5.63. The summed E-state index contributed by atoms with van der Waals surface area (Å²) in [7, 11) is 0. The van der Waals surface area contributed by atoms with Crippen LogP contribution >= 0.6 is 0 Å². The van der Waals surface area contributed by atoms with Crippen molar-refractivity contribution in [1.82, 2.24) is 9.97 Å². The molecule has 8 heteroatoms. The molecule has 0 fully saturated rings. The summed E-state index contributed by atoms with van der Waals surface area (Å²) in [5, 5.41) is 5.77. The summed E-state index contributed by atoms with van der Waals surface area (Å²) in [5.74, 6) is 0.735. The molecule has 170 valence electrons. The van der Waals surface area contributed by atoms with Crippen molar-refractivity contribution in [2.24, 2.45) is 0 Å². The zero-order valence-electron chi connectivity index (χ0n) is 18.5. The van der Waals surface area contributed by atoms with Crippen molar-refractivity contribution in [2.75, 3.05) is 10.6 Å². The maximum absolute atomic E-state index is 13.6. The monoisotopic (exact) mass is 444 g/mol.